The van der Waals surface area contributed by atoms with E-state index in [2.05, 4.69) is 0 Å². The zero-order valence-electron chi connectivity index (χ0n) is 11.8. The minimum atomic E-state index is -0.120. The first kappa shape index (κ1) is 15.3. The van der Waals surface area contributed by atoms with Crippen molar-refractivity contribution >= 4 is 5.91 Å². The van der Waals surface area contributed by atoms with Crippen LogP contribution in [0.25, 0.3) is 0 Å². The van der Waals surface area contributed by atoms with Crippen LogP contribution in [0.5, 0.6) is 11.5 Å². The summed E-state index contributed by atoms with van der Waals surface area (Å²) in [6.07, 6.45) is 0.352. The summed E-state index contributed by atoms with van der Waals surface area (Å²) in [6.45, 7) is 2.75. The Bertz CT molecular complexity index is 407. The first-order chi connectivity index (χ1) is 9.04. The molecule has 1 unspecified atom stereocenters. The molecule has 2 N–H and O–H groups in total. The zero-order valence-corrected chi connectivity index (χ0v) is 11.8. The van der Waals surface area contributed by atoms with Crippen molar-refractivity contribution in [2.45, 2.75) is 19.4 Å². The number of likely N-dealkylation sites (N-methyl/N-ethyl adjacent to an activating group) is 1. The van der Waals surface area contributed by atoms with E-state index in [1.165, 1.54) is 0 Å². The van der Waals surface area contributed by atoms with Crippen molar-refractivity contribution in [3.63, 3.8) is 0 Å². The summed E-state index contributed by atoms with van der Waals surface area (Å²) in [7, 11) is 3.34. The topological polar surface area (TPSA) is 64.8 Å². The Kier molecular flexibility index (Phi) is 6.15. The van der Waals surface area contributed by atoms with Gasteiger partial charge in [-0.15, -0.1) is 0 Å². The van der Waals surface area contributed by atoms with E-state index >= 15 is 0 Å². The molecule has 0 fully saturated rings. The van der Waals surface area contributed by atoms with E-state index in [1.807, 2.05) is 31.2 Å². The highest BCUT2D eigenvalue weighted by Crippen LogP contribution is 2.25. The van der Waals surface area contributed by atoms with E-state index in [0.29, 0.717) is 31.1 Å². The van der Waals surface area contributed by atoms with Crippen molar-refractivity contribution in [3.8, 4) is 11.5 Å². The lowest BCUT2D eigenvalue weighted by molar-refractivity contribution is -0.130. The van der Waals surface area contributed by atoms with Crippen LogP contribution in [0.15, 0.2) is 24.3 Å². The number of hydrogen-bond donors (Lipinski definition) is 1. The van der Waals surface area contributed by atoms with E-state index in [-0.39, 0.29) is 11.9 Å². The number of nitrogens with two attached hydrogens (primary N) is 1. The van der Waals surface area contributed by atoms with E-state index in [1.54, 1.807) is 19.1 Å². The second kappa shape index (κ2) is 7.63. The van der Waals surface area contributed by atoms with Crippen LogP contribution >= 0.6 is 0 Å². The van der Waals surface area contributed by atoms with Gasteiger partial charge in [0.2, 0.25) is 5.91 Å². The number of carbonyl (C=O) groups is 1. The number of hydrogen-bond acceptors (Lipinski definition) is 4. The standard InChI is InChI=1S/C14H22N2O3/c1-11(15)10-14(17)16(2)8-9-19-13-7-5-4-6-12(13)18-3/h4-7,11H,8-10,15H2,1-3H3. The molecule has 5 heteroatoms. The molecule has 0 spiro atoms. The molecule has 0 bridgehead atoms. The third-order valence-electron chi connectivity index (χ3n) is 2.68. The molecule has 0 heterocycles. The first-order valence-electron chi connectivity index (χ1n) is 6.30. The van der Waals surface area contributed by atoms with Crippen molar-refractivity contribution in [3.05, 3.63) is 24.3 Å². The summed E-state index contributed by atoms with van der Waals surface area (Å²) in [6, 6.07) is 7.31. The highest BCUT2D eigenvalue weighted by atomic mass is 16.5. The highest BCUT2D eigenvalue weighted by Gasteiger charge is 2.11. The molecule has 0 aromatic heterocycles. The van der Waals surface area contributed by atoms with Crippen LogP contribution in [0.2, 0.25) is 0 Å². The maximum Gasteiger partial charge on any atom is 0.223 e. The zero-order chi connectivity index (χ0) is 14.3. The van der Waals surface area contributed by atoms with Crippen LogP contribution < -0.4 is 15.2 Å². The van der Waals surface area contributed by atoms with Crippen molar-refractivity contribution in [2.75, 3.05) is 27.3 Å². The molecule has 1 rings (SSSR count). The van der Waals surface area contributed by atoms with Crippen molar-refractivity contribution < 1.29 is 14.3 Å². The summed E-state index contributed by atoms with van der Waals surface area (Å²) < 4.78 is 10.8. The average Bonchev–Trinajstić information content (AvgIpc) is 2.38. The quantitative estimate of drug-likeness (QED) is 0.807. The smallest absolute Gasteiger partial charge is 0.223 e. The fourth-order valence-corrected chi connectivity index (χ4v) is 1.59. The Balaban J connectivity index is 2.39. The number of nitrogens with zero attached hydrogens (tertiary/aromatic N) is 1. The van der Waals surface area contributed by atoms with Crippen LogP contribution in [0.3, 0.4) is 0 Å². The molecule has 0 aliphatic carbocycles. The molecule has 1 aromatic carbocycles. The summed E-state index contributed by atoms with van der Waals surface area (Å²) in [5.74, 6) is 1.39. The van der Waals surface area contributed by atoms with Crippen LogP contribution in [0, 0.1) is 0 Å². The fraction of sp³-hybridized carbons (Fsp3) is 0.500. The number of methoxy groups -OCH3 is 1. The predicted octanol–water partition coefficient (Wildman–Crippen LogP) is 1.27. The molecule has 1 amide bonds. The van der Waals surface area contributed by atoms with Crippen molar-refractivity contribution in [1.82, 2.24) is 4.90 Å². The van der Waals surface area contributed by atoms with Gasteiger partial charge in [0.1, 0.15) is 6.61 Å². The Morgan fingerprint density at radius 1 is 1.37 bits per heavy atom. The van der Waals surface area contributed by atoms with Gasteiger partial charge >= 0.3 is 0 Å². The molecule has 0 radical (unpaired) electrons. The number of amides is 1. The number of benzene rings is 1. The molecule has 0 saturated heterocycles. The lowest BCUT2D eigenvalue weighted by Gasteiger charge is -2.19. The van der Waals surface area contributed by atoms with Gasteiger partial charge in [-0.1, -0.05) is 12.1 Å². The largest absolute Gasteiger partial charge is 0.493 e. The maximum absolute atomic E-state index is 11.7. The second-order valence-corrected chi connectivity index (χ2v) is 4.50. The third-order valence-corrected chi connectivity index (χ3v) is 2.68. The van der Waals surface area contributed by atoms with Crippen molar-refractivity contribution in [2.24, 2.45) is 5.73 Å². The SMILES string of the molecule is COc1ccccc1OCCN(C)C(=O)CC(C)N. The first-order valence-corrected chi connectivity index (χ1v) is 6.30. The normalized spacial score (nSPS) is 11.8. The van der Waals surface area contributed by atoms with Gasteiger partial charge < -0.3 is 20.1 Å². The number of para-hydroxylation sites is 2. The molecular weight excluding hydrogens is 244 g/mol. The van der Waals surface area contributed by atoms with Gasteiger partial charge in [0.05, 0.1) is 13.7 Å². The summed E-state index contributed by atoms with van der Waals surface area (Å²) in [4.78, 5) is 13.3. The molecule has 1 aromatic rings. The Morgan fingerprint density at radius 2 is 2.00 bits per heavy atom. The maximum atomic E-state index is 11.7. The highest BCUT2D eigenvalue weighted by molar-refractivity contribution is 5.76. The Morgan fingerprint density at radius 3 is 2.58 bits per heavy atom. The summed E-state index contributed by atoms with van der Waals surface area (Å²) >= 11 is 0. The van der Waals surface area contributed by atoms with Crippen LogP contribution in [0.4, 0.5) is 0 Å². The lowest BCUT2D eigenvalue weighted by atomic mass is 10.2. The number of ether oxygens (including phenoxy) is 2. The number of carbonyl (C=O) groups excluding carboxylic acids is 1. The fourth-order valence-electron chi connectivity index (χ4n) is 1.59. The van der Waals surface area contributed by atoms with Gasteiger partial charge in [-0.05, 0) is 19.1 Å². The molecular formula is C14H22N2O3. The van der Waals surface area contributed by atoms with Gasteiger partial charge in [0.25, 0.3) is 0 Å². The molecule has 106 valence electrons. The van der Waals surface area contributed by atoms with Gasteiger partial charge in [-0.3, -0.25) is 4.79 Å². The van der Waals surface area contributed by atoms with E-state index in [0.717, 1.165) is 0 Å². The Hall–Kier alpha value is -1.75. The van der Waals surface area contributed by atoms with Crippen LogP contribution in [-0.4, -0.2) is 44.2 Å². The van der Waals surface area contributed by atoms with E-state index < -0.39 is 0 Å². The molecule has 0 aliphatic heterocycles. The van der Waals surface area contributed by atoms with Gasteiger partial charge in [0.15, 0.2) is 11.5 Å². The monoisotopic (exact) mass is 266 g/mol. The van der Waals surface area contributed by atoms with Crippen LogP contribution in [-0.2, 0) is 4.79 Å². The van der Waals surface area contributed by atoms with Gasteiger partial charge in [-0.2, -0.15) is 0 Å². The van der Waals surface area contributed by atoms with E-state index in [4.69, 9.17) is 15.2 Å². The summed E-state index contributed by atoms with van der Waals surface area (Å²) in [5, 5.41) is 0. The van der Waals surface area contributed by atoms with Gasteiger partial charge in [0, 0.05) is 19.5 Å². The minimum Gasteiger partial charge on any atom is -0.493 e. The minimum absolute atomic E-state index is 0.0265. The molecule has 5 nitrogen and oxygen atoms in total. The van der Waals surface area contributed by atoms with Crippen molar-refractivity contribution in [1.29, 1.82) is 0 Å². The number of rotatable bonds is 7. The average molecular weight is 266 g/mol. The van der Waals surface area contributed by atoms with Gasteiger partial charge in [-0.25, -0.2) is 0 Å². The van der Waals surface area contributed by atoms with Crippen LogP contribution in [0.1, 0.15) is 13.3 Å². The van der Waals surface area contributed by atoms with E-state index in [9.17, 15) is 4.79 Å². The molecule has 1 atom stereocenters. The molecule has 0 saturated carbocycles. The predicted molar refractivity (Wildman–Crippen MR) is 74.4 cm³/mol. The Labute approximate surface area is 114 Å². The second-order valence-electron chi connectivity index (χ2n) is 4.50. The third kappa shape index (κ3) is 5.18. The lowest BCUT2D eigenvalue weighted by Crippen LogP contribution is -2.34. The molecule has 0 aliphatic rings. The molecule has 19 heavy (non-hydrogen) atoms. The summed E-state index contributed by atoms with van der Waals surface area (Å²) in [5.41, 5.74) is 5.59.